The molecule has 6 nitrogen and oxygen atoms in total. The number of aryl methyl sites for hydroxylation is 2. The van der Waals surface area contributed by atoms with Crippen LogP contribution in [0.25, 0.3) is 10.9 Å². The fourth-order valence-electron chi connectivity index (χ4n) is 3.76. The van der Waals surface area contributed by atoms with Gasteiger partial charge >= 0.3 is 5.97 Å². The molecule has 0 bridgehead atoms. The van der Waals surface area contributed by atoms with E-state index in [0.29, 0.717) is 5.39 Å². The summed E-state index contributed by atoms with van der Waals surface area (Å²) in [5, 5.41) is 13.1. The van der Waals surface area contributed by atoms with Crippen LogP contribution < -0.4 is 15.6 Å². The maximum absolute atomic E-state index is 12.5. The summed E-state index contributed by atoms with van der Waals surface area (Å²) in [6, 6.07) is 3.79. The van der Waals surface area contributed by atoms with E-state index in [4.69, 9.17) is 0 Å². The number of carbonyl (C=O) groups is 1. The van der Waals surface area contributed by atoms with Crippen LogP contribution in [0.3, 0.4) is 0 Å². The van der Waals surface area contributed by atoms with Crippen LogP contribution in [-0.2, 0) is 13.0 Å². The molecule has 1 aromatic heterocycles. The number of anilines is 1. The molecule has 0 amide bonds. The second kappa shape index (κ2) is 6.45. The number of halogens is 1. The smallest absolute Gasteiger partial charge is 0.341 e. The molecule has 2 aliphatic heterocycles. The summed E-state index contributed by atoms with van der Waals surface area (Å²) in [6.07, 6.45) is 3.41. The van der Waals surface area contributed by atoms with E-state index in [1.807, 2.05) is 10.6 Å². The molecule has 2 aliphatic rings. The van der Waals surface area contributed by atoms with Crippen LogP contribution >= 0.6 is 12.4 Å². The van der Waals surface area contributed by atoms with E-state index in [2.05, 4.69) is 10.2 Å². The number of hydrogen-bond donors (Lipinski definition) is 2. The number of nitrogens with zero attached hydrogens (tertiary/aromatic N) is 2. The first kappa shape index (κ1) is 16.8. The largest absolute Gasteiger partial charge is 0.477 e. The Balaban J connectivity index is 0.00000169. The van der Waals surface area contributed by atoms with Gasteiger partial charge in [-0.05, 0) is 30.5 Å². The maximum atomic E-state index is 12.5. The molecule has 0 unspecified atom stereocenters. The average Bonchev–Trinajstić information content (AvgIpc) is 2.58. The summed E-state index contributed by atoms with van der Waals surface area (Å²) < 4.78 is 1.95. The molecule has 0 aliphatic carbocycles. The first-order valence-corrected chi connectivity index (χ1v) is 8.05. The van der Waals surface area contributed by atoms with Gasteiger partial charge in [0.15, 0.2) is 0 Å². The fraction of sp³-hybridized carbons (Fsp3) is 0.412. The van der Waals surface area contributed by atoms with Crippen molar-refractivity contribution in [3.63, 3.8) is 0 Å². The molecule has 1 saturated heterocycles. The van der Waals surface area contributed by atoms with Crippen molar-refractivity contribution >= 4 is 35.0 Å². The predicted octanol–water partition coefficient (Wildman–Crippen LogP) is 1.48. The van der Waals surface area contributed by atoms with E-state index >= 15 is 0 Å². The third kappa shape index (κ3) is 2.56. The molecule has 2 N–H and O–H groups in total. The topological polar surface area (TPSA) is 74.6 Å². The van der Waals surface area contributed by atoms with Gasteiger partial charge in [0.2, 0.25) is 5.43 Å². The number of nitrogens with one attached hydrogen (secondary N) is 1. The van der Waals surface area contributed by atoms with Crippen LogP contribution in [0.1, 0.15) is 22.3 Å². The molecule has 3 heterocycles. The Labute approximate surface area is 145 Å². The van der Waals surface area contributed by atoms with Gasteiger partial charge in [-0.2, -0.15) is 0 Å². The Morgan fingerprint density at radius 3 is 2.62 bits per heavy atom. The number of benzene rings is 1. The number of pyridine rings is 1. The molecule has 2 aromatic rings. The molecule has 0 spiro atoms. The average molecular weight is 350 g/mol. The quantitative estimate of drug-likeness (QED) is 0.859. The molecule has 1 fully saturated rings. The minimum Gasteiger partial charge on any atom is -0.477 e. The van der Waals surface area contributed by atoms with Gasteiger partial charge in [0.25, 0.3) is 0 Å². The van der Waals surface area contributed by atoms with Crippen LogP contribution in [0.5, 0.6) is 0 Å². The Morgan fingerprint density at radius 2 is 1.92 bits per heavy atom. The van der Waals surface area contributed by atoms with Crippen molar-refractivity contribution < 1.29 is 9.90 Å². The van der Waals surface area contributed by atoms with Gasteiger partial charge in [-0.1, -0.05) is 0 Å². The van der Waals surface area contributed by atoms with Crippen molar-refractivity contribution in [1.82, 2.24) is 9.88 Å². The van der Waals surface area contributed by atoms with Crippen LogP contribution in [0.4, 0.5) is 5.69 Å². The van der Waals surface area contributed by atoms with E-state index < -0.39 is 5.97 Å². The third-order valence-corrected chi connectivity index (χ3v) is 4.83. The van der Waals surface area contributed by atoms with Crippen molar-refractivity contribution in [3.05, 3.63) is 39.7 Å². The van der Waals surface area contributed by atoms with Crippen LogP contribution in [0, 0.1) is 0 Å². The second-order valence-corrected chi connectivity index (χ2v) is 6.17. The van der Waals surface area contributed by atoms with Gasteiger partial charge in [0, 0.05) is 50.0 Å². The lowest BCUT2D eigenvalue weighted by Gasteiger charge is -2.33. The lowest BCUT2D eigenvalue weighted by molar-refractivity contribution is 0.0695. The fourth-order valence-corrected chi connectivity index (χ4v) is 3.76. The molecular formula is C17H20ClN3O3. The van der Waals surface area contributed by atoms with Crippen molar-refractivity contribution in [2.45, 2.75) is 19.4 Å². The minimum atomic E-state index is -1.15. The van der Waals surface area contributed by atoms with E-state index in [1.54, 1.807) is 6.07 Å². The Morgan fingerprint density at radius 1 is 1.17 bits per heavy atom. The van der Waals surface area contributed by atoms with Crippen molar-refractivity contribution in [3.8, 4) is 0 Å². The van der Waals surface area contributed by atoms with Crippen LogP contribution in [-0.4, -0.2) is 41.8 Å². The summed E-state index contributed by atoms with van der Waals surface area (Å²) in [5.41, 5.74) is 2.78. The van der Waals surface area contributed by atoms with Crippen LogP contribution in [0.15, 0.2) is 23.1 Å². The highest BCUT2D eigenvalue weighted by atomic mass is 35.5. The molecule has 0 atom stereocenters. The number of carboxylic acids is 1. The molecule has 4 rings (SSSR count). The number of aromatic nitrogens is 1. The highest BCUT2D eigenvalue weighted by Gasteiger charge is 2.23. The Kier molecular flexibility index (Phi) is 4.51. The third-order valence-electron chi connectivity index (χ3n) is 4.83. The zero-order valence-corrected chi connectivity index (χ0v) is 14.1. The summed E-state index contributed by atoms with van der Waals surface area (Å²) in [4.78, 5) is 26.2. The van der Waals surface area contributed by atoms with Gasteiger partial charge < -0.3 is 19.9 Å². The number of hydrogen-bond acceptors (Lipinski definition) is 4. The molecule has 24 heavy (non-hydrogen) atoms. The summed E-state index contributed by atoms with van der Waals surface area (Å²) >= 11 is 0. The van der Waals surface area contributed by atoms with Gasteiger partial charge in [0.05, 0.1) is 5.52 Å². The lowest BCUT2D eigenvalue weighted by Crippen LogP contribution is -2.44. The first-order valence-electron chi connectivity index (χ1n) is 8.05. The molecule has 0 radical (unpaired) electrons. The number of carboxylic acid groups (broad SMARTS) is 1. The molecular weight excluding hydrogens is 330 g/mol. The van der Waals surface area contributed by atoms with E-state index in [1.165, 1.54) is 17.4 Å². The number of rotatable bonds is 2. The monoisotopic (exact) mass is 349 g/mol. The maximum Gasteiger partial charge on any atom is 0.341 e. The van der Waals surface area contributed by atoms with Crippen LogP contribution in [0.2, 0.25) is 0 Å². The molecule has 0 saturated carbocycles. The second-order valence-electron chi connectivity index (χ2n) is 6.17. The molecule has 1 aromatic carbocycles. The van der Waals surface area contributed by atoms with E-state index in [0.717, 1.165) is 51.1 Å². The van der Waals surface area contributed by atoms with Crippen molar-refractivity contribution in [2.75, 3.05) is 31.1 Å². The summed E-state index contributed by atoms with van der Waals surface area (Å²) in [7, 11) is 0. The predicted molar refractivity (Wildman–Crippen MR) is 95.8 cm³/mol. The van der Waals surface area contributed by atoms with Crippen molar-refractivity contribution in [1.29, 1.82) is 0 Å². The highest BCUT2D eigenvalue weighted by molar-refractivity contribution is 5.95. The molecule has 7 heteroatoms. The molecule has 128 valence electrons. The van der Waals surface area contributed by atoms with Gasteiger partial charge in [-0.25, -0.2) is 4.79 Å². The number of piperazine rings is 1. The lowest BCUT2D eigenvalue weighted by atomic mass is 9.97. The normalized spacial score (nSPS) is 16.8. The minimum absolute atomic E-state index is 0. The summed E-state index contributed by atoms with van der Waals surface area (Å²) in [6.45, 7) is 4.59. The van der Waals surface area contributed by atoms with Gasteiger partial charge in [-0.3, -0.25) is 4.79 Å². The van der Waals surface area contributed by atoms with Gasteiger partial charge in [0.1, 0.15) is 5.56 Å². The SMILES string of the molecule is Cl.O=C(O)c1cn2c3c(c(N4CCNCC4)ccc3c1=O)CCC2. The van der Waals surface area contributed by atoms with Gasteiger partial charge in [-0.15, -0.1) is 12.4 Å². The zero-order chi connectivity index (χ0) is 16.0. The van der Waals surface area contributed by atoms with E-state index in [-0.39, 0.29) is 23.4 Å². The Hall–Kier alpha value is -2.05. The number of aromatic carboxylic acids is 1. The Bertz CT molecular complexity index is 856. The van der Waals surface area contributed by atoms with E-state index in [9.17, 15) is 14.7 Å². The highest BCUT2D eigenvalue weighted by Crippen LogP contribution is 2.32. The first-order chi connectivity index (χ1) is 11.2. The van der Waals surface area contributed by atoms with Crippen molar-refractivity contribution in [2.24, 2.45) is 0 Å². The summed E-state index contributed by atoms with van der Waals surface area (Å²) in [5.74, 6) is -1.15. The standard InChI is InChI=1S/C17H19N3O3.ClH/c21-16-12-3-4-14(19-8-5-18-6-9-19)11-2-1-7-20(15(11)12)10-13(16)17(22)23;/h3-4,10,18H,1-2,5-9H2,(H,22,23);1H. The zero-order valence-electron chi connectivity index (χ0n) is 13.2.